The highest BCUT2D eigenvalue weighted by atomic mass is 35.5. The summed E-state index contributed by atoms with van der Waals surface area (Å²) in [6.07, 6.45) is 0.592. The summed E-state index contributed by atoms with van der Waals surface area (Å²) >= 11 is 11.7. The number of benzene rings is 1. The molecule has 7 heteroatoms. The summed E-state index contributed by atoms with van der Waals surface area (Å²) in [5, 5.41) is 3.66. The van der Waals surface area contributed by atoms with E-state index >= 15 is 0 Å². The summed E-state index contributed by atoms with van der Waals surface area (Å²) in [6, 6.07) is 4.64. The van der Waals surface area contributed by atoms with Crippen LogP contribution in [-0.2, 0) is 21.1 Å². The van der Waals surface area contributed by atoms with E-state index in [4.69, 9.17) is 23.2 Å². The van der Waals surface area contributed by atoms with Gasteiger partial charge in [0.05, 0.1) is 17.9 Å². The van der Waals surface area contributed by atoms with Gasteiger partial charge in [-0.3, -0.25) is 4.79 Å². The van der Waals surface area contributed by atoms with Crippen molar-refractivity contribution in [2.24, 2.45) is 0 Å². The van der Waals surface area contributed by atoms with E-state index in [1.54, 1.807) is 18.2 Å². The molecule has 1 aliphatic rings. The van der Waals surface area contributed by atoms with Gasteiger partial charge in [-0.2, -0.15) is 0 Å². The minimum atomic E-state index is -2.99. The van der Waals surface area contributed by atoms with Crippen LogP contribution in [0.15, 0.2) is 18.2 Å². The first-order valence-electron chi connectivity index (χ1n) is 5.79. The van der Waals surface area contributed by atoms with Gasteiger partial charge in [-0.15, -0.1) is 0 Å². The Morgan fingerprint density at radius 3 is 2.68 bits per heavy atom. The molecule has 0 bridgehead atoms. The van der Waals surface area contributed by atoms with E-state index in [0.29, 0.717) is 22.0 Å². The minimum absolute atomic E-state index is 0.0209. The number of rotatable bonds is 3. The molecule has 1 aromatic rings. The standard InChI is InChI=1S/C12H13Cl2NO3S/c13-9-2-1-8(11(14)6-9)5-12(16)15-10-3-4-19(17,18)7-10/h1-2,6,10H,3-5,7H2,(H,15,16). The van der Waals surface area contributed by atoms with Crippen LogP contribution in [0, 0.1) is 0 Å². The van der Waals surface area contributed by atoms with E-state index in [2.05, 4.69) is 5.32 Å². The summed E-state index contributed by atoms with van der Waals surface area (Å²) in [5.74, 6) is -0.0708. The molecule has 0 spiro atoms. The molecular formula is C12H13Cl2NO3S. The van der Waals surface area contributed by atoms with Crippen LogP contribution in [0.25, 0.3) is 0 Å². The lowest BCUT2D eigenvalue weighted by Gasteiger charge is -2.11. The summed E-state index contributed by atoms with van der Waals surface area (Å²) in [4.78, 5) is 11.8. The molecule has 0 saturated carbocycles. The third-order valence-electron chi connectivity index (χ3n) is 2.96. The number of sulfone groups is 1. The Kier molecular flexibility index (Phi) is 4.38. The normalized spacial score (nSPS) is 21.3. The van der Waals surface area contributed by atoms with Crippen molar-refractivity contribution in [2.45, 2.75) is 18.9 Å². The highest BCUT2D eigenvalue weighted by molar-refractivity contribution is 7.91. The van der Waals surface area contributed by atoms with Crippen LogP contribution in [0.4, 0.5) is 0 Å². The Morgan fingerprint density at radius 2 is 2.11 bits per heavy atom. The highest BCUT2D eigenvalue weighted by Gasteiger charge is 2.28. The van der Waals surface area contributed by atoms with E-state index in [1.165, 1.54) is 0 Å². The van der Waals surface area contributed by atoms with Crippen LogP contribution >= 0.6 is 23.2 Å². The van der Waals surface area contributed by atoms with Gasteiger partial charge in [0.1, 0.15) is 0 Å². The van der Waals surface area contributed by atoms with Crippen molar-refractivity contribution in [1.82, 2.24) is 5.32 Å². The van der Waals surface area contributed by atoms with E-state index in [1.807, 2.05) is 0 Å². The first-order chi connectivity index (χ1) is 8.85. The second-order valence-electron chi connectivity index (χ2n) is 4.58. The molecule has 1 heterocycles. The third kappa shape index (κ3) is 4.09. The summed E-state index contributed by atoms with van der Waals surface area (Å²) in [5.41, 5.74) is 0.671. The molecular weight excluding hydrogens is 309 g/mol. The zero-order valence-corrected chi connectivity index (χ0v) is 12.4. The van der Waals surface area contributed by atoms with Crippen molar-refractivity contribution < 1.29 is 13.2 Å². The summed E-state index contributed by atoms with van der Waals surface area (Å²) < 4.78 is 22.6. The Morgan fingerprint density at radius 1 is 1.37 bits per heavy atom. The fraction of sp³-hybridized carbons (Fsp3) is 0.417. The molecule has 1 fully saturated rings. The predicted molar refractivity (Wildman–Crippen MR) is 75.4 cm³/mol. The lowest BCUT2D eigenvalue weighted by atomic mass is 10.1. The molecule has 1 N–H and O–H groups in total. The van der Waals surface area contributed by atoms with E-state index in [9.17, 15) is 13.2 Å². The molecule has 4 nitrogen and oxygen atoms in total. The van der Waals surface area contributed by atoms with Crippen LogP contribution in [-0.4, -0.2) is 31.9 Å². The van der Waals surface area contributed by atoms with Crippen molar-refractivity contribution in [2.75, 3.05) is 11.5 Å². The topological polar surface area (TPSA) is 63.2 Å². The number of carbonyl (C=O) groups is 1. The molecule has 1 amide bonds. The Balaban J connectivity index is 1.95. The molecule has 1 unspecified atom stereocenters. The van der Waals surface area contributed by atoms with Gasteiger partial charge in [0.25, 0.3) is 0 Å². The average molecular weight is 322 g/mol. The second kappa shape index (κ2) is 5.69. The summed E-state index contributed by atoms with van der Waals surface area (Å²) in [7, 11) is -2.99. The van der Waals surface area contributed by atoms with E-state index in [-0.39, 0.29) is 29.9 Å². The highest BCUT2D eigenvalue weighted by Crippen LogP contribution is 2.21. The molecule has 19 heavy (non-hydrogen) atoms. The molecule has 1 aliphatic heterocycles. The van der Waals surface area contributed by atoms with Gasteiger partial charge in [0, 0.05) is 16.1 Å². The SMILES string of the molecule is O=C(Cc1ccc(Cl)cc1Cl)NC1CCS(=O)(=O)C1. The maximum atomic E-state index is 11.8. The quantitative estimate of drug-likeness (QED) is 0.923. The monoisotopic (exact) mass is 321 g/mol. The Hall–Kier alpha value is -0.780. The maximum Gasteiger partial charge on any atom is 0.224 e. The largest absolute Gasteiger partial charge is 0.352 e. The molecule has 1 aromatic carbocycles. The van der Waals surface area contributed by atoms with Crippen LogP contribution in [0.3, 0.4) is 0 Å². The fourth-order valence-electron chi connectivity index (χ4n) is 2.03. The number of hydrogen-bond acceptors (Lipinski definition) is 3. The summed E-state index contributed by atoms with van der Waals surface area (Å²) in [6.45, 7) is 0. The van der Waals surface area contributed by atoms with E-state index < -0.39 is 9.84 Å². The zero-order chi connectivity index (χ0) is 14.0. The predicted octanol–water partition coefficient (Wildman–Crippen LogP) is 1.84. The number of halogens is 2. The zero-order valence-electron chi connectivity index (χ0n) is 10.0. The Labute approximate surface area is 122 Å². The van der Waals surface area contributed by atoms with Gasteiger partial charge >= 0.3 is 0 Å². The van der Waals surface area contributed by atoms with Gasteiger partial charge in [0.15, 0.2) is 9.84 Å². The lowest BCUT2D eigenvalue weighted by Crippen LogP contribution is -2.36. The van der Waals surface area contributed by atoms with E-state index in [0.717, 1.165) is 0 Å². The molecule has 0 aliphatic carbocycles. The van der Waals surface area contributed by atoms with Crippen molar-refractivity contribution in [1.29, 1.82) is 0 Å². The molecule has 0 radical (unpaired) electrons. The van der Waals surface area contributed by atoms with Crippen LogP contribution in [0.2, 0.25) is 10.0 Å². The first kappa shape index (κ1) is 14.6. The number of amides is 1. The molecule has 2 rings (SSSR count). The second-order valence-corrected chi connectivity index (χ2v) is 7.65. The fourth-order valence-corrected chi connectivity index (χ4v) is 4.17. The van der Waals surface area contributed by atoms with Crippen molar-refractivity contribution >= 4 is 38.9 Å². The van der Waals surface area contributed by atoms with Gasteiger partial charge in [0.2, 0.25) is 5.91 Å². The maximum absolute atomic E-state index is 11.8. The molecule has 104 valence electrons. The van der Waals surface area contributed by atoms with Gasteiger partial charge < -0.3 is 5.32 Å². The first-order valence-corrected chi connectivity index (χ1v) is 8.37. The van der Waals surface area contributed by atoms with Gasteiger partial charge in [-0.25, -0.2) is 8.42 Å². The number of nitrogens with one attached hydrogen (secondary N) is 1. The average Bonchev–Trinajstić information content (AvgIpc) is 2.62. The van der Waals surface area contributed by atoms with Crippen LogP contribution in [0.1, 0.15) is 12.0 Å². The third-order valence-corrected chi connectivity index (χ3v) is 5.32. The smallest absolute Gasteiger partial charge is 0.224 e. The van der Waals surface area contributed by atoms with Crippen molar-refractivity contribution in [3.05, 3.63) is 33.8 Å². The Bertz CT molecular complexity index is 601. The van der Waals surface area contributed by atoms with Gasteiger partial charge in [-0.05, 0) is 24.1 Å². The number of hydrogen-bond donors (Lipinski definition) is 1. The molecule has 1 atom stereocenters. The molecule has 1 saturated heterocycles. The lowest BCUT2D eigenvalue weighted by molar-refractivity contribution is -0.120. The number of carbonyl (C=O) groups excluding carboxylic acids is 1. The minimum Gasteiger partial charge on any atom is -0.352 e. The molecule has 0 aromatic heterocycles. The van der Waals surface area contributed by atoms with Gasteiger partial charge in [-0.1, -0.05) is 29.3 Å². The van der Waals surface area contributed by atoms with Crippen molar-refractivity contribution in [3.63, 3.8) is 0 Å². The van der Waals surface area contributed by atoms with Crippen molar-refractivity contribution in [3.8, 4) is 0 Å². The van der Waals surface area contributed by atoms with Crippen LogP contribution in [0.5, 0.6) is 0 Å². The van der Waals surface area contributed by atoms with Crippen LogP contribution < -0.4 is 5.32 Å².